The molecule has 12 heteroatoms. The number of fused-ring (bicyclic) bond motifs is 1. The van der Waals surface area contributed by atoms with E-state index in [1.807, 2.05) is 31.6 Å². The fourth-order valence-electron chi connectivity index (χ4n) is 3.86. The summed E-state index contributed by atoms with van der Waals surface area (Å²) in [4.78, 5) is 10.9. The average Bonchev–Trinajstić information content (AvgIpc) is 3.38. The standard InChI is InChI=1S/C21H20F3N9/c1-4-14(13-8-30-32(9-13)11(2)3)17-15(5-25)16(18-19(26)29-10-31-33(17)18)12-6-27-20(28-7-12)21(22,23)24/h6-11,14H,4H2,1-3H3,(H2,26,29,31)/t14-/m1/s1. The van der Waals surface area contributed by atoms with Crippen LogP contribution in [0.15, 0.2) is 31.1 Å². The highest BCUT2D eigenvalue weighted by atomic mass is 19.4. The molecule has 0 fully saturated rings. The highest BCUT2D eigenvalue weighted by molar-refractivity contribution is 5.92. The van der Waals surface area contributed by atoms with Gasteiger partial charge in [-0.05, 0) is 25.8 Å². The molecule has 4 heterocycles. The van der Waals surface area contributed by atoms with E-state index in [0.717, 1.165) is 18.0 Å². The Morgan fingerprint density at radius 2 is 1.82 bits per heavy atom. The lowest BCUT2D eigenvalue weighted by atomic mass is 9.91. The summed E-state index contributed by atoms with van der Waals surface area (Å²) in [5, 5.41) is 18.8. The van der Waals surface area contributed by atoms with E-state index < -0.39 is 12.0 Å². The number of rotatable bonds is 5. The Labute approximate surface area is 186 Å². The van der Waals surface area contributed by atoms with Crippen LogP contribution >= 0.6 is 0 Å². The van der Waals surface area contributed by atoms with Crippen LogP contribution in [-0.2, 0) is 6.18 Å². The number of anilines is 1. The lowest BCUT2D eigenvalue weighted by Gasteiger charge is -2.14. The van der Waals surface area contributed by atoms with E-state index in [-0.39, 0.29) is 34.5 Å². The molecule has 2 N–H and O–H groups in total. The number of aromatic nitrogens is 7. The van der Waals surface area contributed by atoms with Crippen LogP contribution in [0.1, 0.15) is 61.8 Å². The van der Waals surface area contributed by atoms with Gasteiger partial charge in [0.15, 0.2) is 5.82 Å². The van der Waals surface area contributed by atoms with E-state index >= 15 is 0 Å². The maximum atomic E-state index is 13.0. The summed E-state index contributed by atoms with van der Waals surface area (Å²) in [5.41, 5.74) is 8.57. The predicted molar refractivity (Wildman–Crippen MR) is 113 cm³/mol. The highest BCUT2D eigenvalue weighted by Gasteiger charge is 2.35. The molecular formula is C21H20F3N9. The van der Waals surface area contributed by atoms with Gasteiger partial charge in [0.2, 0.25) is 5.82 Å². The summed E-state index contributed by atoms with van der Waals surface area (Å²) in [6.45, 7) is 5.97. The van der Waals surface area contributed by atoms with Gasteiger partial charge < -0.3 is 5.73 Å². The normalized spacial score (nSPS) is 12.9. The smallest absolute Gasteiger partial charge is 0.382 e. The van der Waals surface area contributed by atoms with Gasteiger partial charge in [-0.1, -0.05) is 6.92 Å². The zero-order chi connectivity index (χ0) is 23.9. The number of nitriles is 1. The molecule has 4 aromatic heterocycles. The Bertz CT molecular complexity index is 1340. The summed E-state index contributed by atoms with van der Waals surface area (Å²) >= 11 is 0. The molecule has 0 saturated carbocycles. The third kappa shape index (κ3) is 3.75. The van der Waals surface area contributed by atoms with Crippen molar-refractivity contribution in [2.24, 2.45) is 0 Å². The number of nitrogens with two attached hydrogens (primary N) is 1. The quantitative estimate of drug-likeness (QED) is 0.483. The molecule has 4 rings (SSSR count). The lowest BCUT2D eigenvalue weighted by Crippen LogP contribution is -2.10. The van der Waals surface area contributed by atoms with Crippen molar-refractivity contribution in [3.8, 4) is 17.2 Å². The van der Waals surface area contributed by atoms with Crippen LogP contribution in [0.3, 0.4) is 0 Å². The molecule has 0 aliphatic heterocycles. The van der Waals surface area contributed by atoms with Crippen molar-refractivity contribution in [1.29, 1.82) is 5.26 Å². The zero-order valence-corrected chi connectivity index (χ0v) is 18.0. The van der Waals surface area contributed by atoms with Gasteiger partial charge in [0.05, 0.1) is 17.5 Å². The maximum absolute atomic E-state index is 13.0. The second-order valence-corrected chi connectivity index (χ2v) is 7.75. The maximum Gasteiger partial charge on any atom is 0.451 e. The molecule has 0 radical (unpaired) electrons. The molecule has 0 unspecified atom stereocenters. The summed E-state index contributed by atoms with van der Waals surface area (Å²) in [5.74, 6) is -1.47. The van der Waals surface area contributed by atoms with Crippen LogP contribution in [0.5, 0.6) is 0 Å². The Kier molecular flexibility index (Phi) is 5.49. The molecule has 1 atom stereocenters. The van der Waals surface area contributed by atoms with Crippen LogP contribution < -0.4 is 5.73 Å². The van der Waals surface area contributed by atoms with Gasteiger partial charge in [0, 0.05) is 41.7 Å². The topological polar surface area (TPSA) is 124 Å². The molecule has 170 valence electrons. The van der Waals surface area contributed by atoms with E-state index in [4.69, 9.17) is 5.73 Å². The molecule has 0 aliphatic rings. The first-order valence-electron chi connectivity index (χ1n) is 10.2. The molecule has 0 aliphatic carbocycles. The number of hydrogen-bond donors (Lipinski definition) is 1. The molecule has 0 aromatic carbocycles. The van der Waals surface area contributed by atoms with Gasteiger partial charge in [-0.15, -0.1) is 0 Å². The van der Waals surface area contributed by atoms with E-state index in [9.17, 15) is 18.4 Å². The number of hydrogen-bond acceptors (Lipinski definition) is 7. The number of halogens is 3. The molecular weight excluding hydrogens is 435 g/mol. The Balaban J connectivity index is 1.99. The third-order valence-corrected chi connectivity index (χ3v) is 5.39. The van der Waals surface area contributed by atoms with Gasteiger partial charge >= 0.3 is 6.18 Å². The number of nitrogen functional groups attached to an aromatic ring is 1. The van der Waals surface area contributed by atoms with Crippen molar-refractivity contribution in [3.63, 3.8) is 0 Å². The van der Waals surface area contributed by atoms with Gasteiger partial charge in [-0.2, -0.15) is 28.6 Å². The van der Waals surface area contributed by atoms with Crippen molar-refractivity contribution in [3.05, 3.63) is 53.8 Å². The SMILES string of the molecule is CC[C@H](c1cnn(C(C)C)c1)c1c(C#N)c(-c2cnc(C(F)(F)F)nc2)c2c(N)ncnn12. The number of alkyl halides is 3. The van der Waals surface area contributed by atoms with Gasteiger partial charge in [0.1, 0.15) is 17.9 Å². The van der Waals surface area contributed by atoms with Gasteiger partial charge in [0.25, 0.3) is 0 Å². The van der Waals surface area contributed by atoms with Crippen LogP contribution in [-0.4, -0.2) is 34.3 Å². The molecule has 4 aromatic rings. The minimum atomic E-state index is -4.68. The summed E-state index contributed by atoms with van der Waals surface area (Å²) in [6.07, 6.45) is 2.89. The van der Waals surface area contributed by atoms with Crippen molar-refractivity contribution in [2.45, 2.75) is 45.3 Å². The van der Waals surface area contributed by atoms with Crippen LogP contribution in [0.4, 0.5) is 19.0 Å². The fourth-order valence-corrected chi connectivity index (χ4v) is 3.86. The second-order valence-electron chi connectivity index (χ2n) is 7.75. The molecule has 33 heavy (non-hydrogen) atoms. The van der Waals surface area contributed by atoms with E-state index in [1.165, 1.54) is 10.8 Å². The number of nitrogens with zero attached hydrogens (tertiary/aromatic N) is 8. The molecule has 0 spiro atoms. The average molecular weight is 455 g/mol. The largest absolute Gasteiger partial charge is 0.451 e. The Morgan fingerprint density at radius 1 is 1.12 bits per heavy atom. The van der Waals surface area contributed by atoms with Crippen molar-refractivity contribution in [1.82, 2.24) is 34.3 Å². The van der Waals surface area contributed by atoms with E-state index in [0.29, 0.717) is 17.6 Å². The molecule has 0 saturated heterocycles. The van der Waals surface area contributed by atoms with Crippen molar-refractivity contribution < 1.29 is 13.2 Å². The summed E-state index contributed by atoms with van der Waals surface area (Å²) in [7, 11) is 0. The van der Waals surface area contributed by atoms with E-state index in [2.05, 4.69) is 31.2 Å². The Hall–Kier alpha value is -4.01. The summed E-state index contributed by atoms with van der Waals surface area (Å²) in [6, 6.07) is 2.34. The molecule has 0 amide bonds. The third-order valence-electron chi connectivity index (χ3n) is 5.39. The van der Waals surface area contributed by atoms with Crippen LogP contribution in [0.25, 0.3) is 16.6 Å². The minimum Gasteiger partial charge on any atom is -0.382 e. The van der Waals surface area contributed by atoms with Crippen molar-refractivity contribution >= 4 is 11.3 Å². The molecule has 9 nitrogen and oxygen atoms in total. The first kappa shape index (κ1) is 22.2. The highest BCUT2D eigenvalue weighted by Crippen LogP contribution is 2.40. The monoisotopic (exact) mass is 455 g/mol. The fraction of sp³-hybridized carbons (Fsp3) is 0.333. The Morgan fingerprint density at radius 3 is 2.36 bits per heavy atom. The van der Waals surface area contributed by atoms with Gasteiger partial charge in [-0.25, -0.2) is 19.5 Å². The minimum absolute atomic E-state index is 0.0791. The van der Waals surface area contributed by atoms with Crippen molar-refractivity contribution in [2.75, 3.05) is 5.73 Å². The summed E-state index contributed by atoms with van der Waals surface area (Å²) < 4.78 is 42.2. The second kappa shape index (κ2) is 8.16. The first-order chi connectivity index (χ1) is 15.7. The van der Waals surface area contributed by atoms with E-state index in [1.54, 1.807) is 6.20 Å². The predicted octanol–water partition coefficient (Wildman–Crippen LogP) is 3.98. The van der Waals surface area contributed by atoms with Crippen LogP contribution in [0.2, 0.25) is 0 Å². The molecule has 0 bridgehead atoms. The zero-order valence-electron chi connectivity index (χ0n) is 18.0. The first-order valence-corrected chi connectivity index (χ1v) is 10.2. The lowest BCUT2D eigenvalue weighted by molar-refractivity contribution is -0.144. The van der Waals surface area contributed by atoms with Gasteiger partial charge in [-0.3, -0.25) is 4.68 Å². The van der Waals surface area contributed by atoms with Crippen LogP contribution in [0, 0.1) is 11.3 Å².